The molecule has 23 heavy (non-hydrogen) atoms. The zero-order valence-electron chi connectivity index (χ0n) is 13.5. The van der Waals surface area contributed by atoms with Gasteiger partial charge in [0.2, 0.25) is 10.0 Å². The molecule has 1 aromatic rings. The molecule has 1 saturated carbocycles. The van der Waals surface area contributed by atoms with Gasteiger partial charge in [0.1, 0.15) is 0 Å². The Bertz CT molecular complexity index is 627. The molecular formula is C16H25N3O3S. The van der Waals surface area contributed by atoms with Crippen molar-refractivity contribution < 1.29 is 13.2 Å². The Morgan fingerprint density at radius 3 is 2.70 bits per heavy atom. The van der Waals surface area contributed by atoms with Gasteiger partial charge in [0.25, 0.3) is 5.91 Å². The maximum Gasteiger partial charge on any atom is 0.251 e. The third kappa shape index (κ3) is 5.93. The van der Waals surface area contributed by atoms with Crippen molar-refractivity contribution in [3.63, 3.8) is 0 Å². The summed E-state index contributed by atoms with van der Waals surface area (Å²) in [6.45, 7) is 4.67. The number of amides is 1. The standard InChI is InChI=1S/C16H25N3O3S/c1-2-8-17-9-10-18-16(20)14-4-3-5-15(11-14)23(21,22)19-12-13-6-7-13/h3-5,11,13,17,19H,2,6-10,12H2,1H3,(H,18,20). The Morgan fingerprint density at radius 1 is 1.22 bits per heavy atom. The molecule has 0 aromatic heterocycles. The highest BCUT2D eigenvalue weighted by molar-refractivity contribution is 7.89. The van der Waals surface area contributed by atoms with Gasteiger partial charge in [0, 0.05) is 25.2 Å². The van der Waals surface area contributed by atoms with E-state index in [4.69, 9.17) is 0 Å². The Balaban J connectivity index is 1.91. The lowest BCUT2D eigenvalue weighted by Gasteiger charge is -2.09. The minimum absolute atomic E-state index is 0.134. The van der Waals surface area contributed by atoms with Crippen molar-refractivity contribution in [3.8, 4) is 0 Å². The predicted octanol–water partition coefficient (Wildman–Crippen LogP) is 1.10. The Morgan fingerprint density at radius 2 is 2.00 bits per heavy atom. The van der Waals surface area contributed by atoms with Crippen LogP contribution < -0.4 is 15.4 Å². The van der Waals surface area contributed by atoms with Gasteiger partial charge in [0.15, 0.2) is 0 Å². The van der Waals surface area contributed by atoms with Crippen molar-refractivity contribution in [2.45, 2.75) is 31.1 Å². The molecule has 1 amide bonds. The number of carbonyl (C=O) groups is 1. The highest BCUT2D eigenvalue weighted by Gasteiger charge is 2.24. The van der Waals surface area contributed by atoms with E-state index in [0.29, 0.717) is 31.1 Å². The van der Waals surface area contributed by atoms with E-state index in [1.165, 1.54) is 12.1 Å². The first-order chi connectivity index (χ1) is 11.0. The van der Waals surface area contributed by atoms with Gasteiger partial charge in [0.05, 0.1) is 4.90 Å². The second kappa shape index (κ2) is 8.42. The Kier molecular flexibility index (Phi) is 6.56. The summed E-state index contributed by atoms with van der Waals surface area (Å²) in [6, 6.07) is 6.14. The first-order valence-electron chi connectivity index (χ1n) is 8.11. The third-order valence-electron chi connectivity index (χ3n) is 3.68. The smallest absolute Gasteiger partial charge is 0.251 e. The highest BCUT2D eigenvalue weighted by atomic mass is 32.2. The van der Waals surface area contributed by atoms with Gasteiger partial charge in [-0.3, -0.25) is 4.79 Å². The monoisotopic (exact) mass is 339 g/mol. The van der Waals surface area contributed by atoms with Crippen LogP contribution in [0, 0.1) is 5.92 Å². The second-order valence-corrected chi connectivity index (χ2v) is 7.60. The summed E-state index contributed by atoms with van der Waals surface area (Å²) in [6.07, 6.45) is 3.20. The van der Waals surface area contributed by atoms with Crippen LogP contribution in [0.5, 0.6) is 0 Å². The molecule has 7 heteroatoms. The van der Waals surface area contributed by atoms with Gasteiger partial charge in [-0.05, 0) is 49.9 Å². The van der Waals surface area contributed by atoms with Crippen molar-refractivity contribution in [2.24, 2.45) is 5.92 Å². The highest BCUT2D eigenvalue weighted by Crippen LogP contribution is 2.28. The van der Waals surface area contributed by atoms with Crippen LogP contribution in [0.3, 0.4) is 0 Å². The molecule has 2 rings (SSSR count). The van der Waals surface area contributed by atoms with E-state index < -0.39 is 10.0 Å². The zero-order chi connectivity index (χ0) is 16.7. The summed E-state index contributed by atoms with van der Waals surface area (Å²) in [7, 11) is -3.55. The summed E-state index contributed by atoms with van der Waals surface area (Å²) in [5.41, 5.74) is 0.356. The summed E-state index contributed by atoms with van der Waals surface area (Å²) < 4.78 is 27.0. The van der Waals surface area contributed by atoms with Gasteiger partial charge < -0.3 is 10.6 Å². The molecule has 1 fully saturated rings. The van der Waals surface area contributed by atoms with Crippen LogP contribution >= 0.6 is 0 Å². The number of hydrogen-bond acceptors (Lipinski definition) is 4. The van der Waals surface area contributed by atoms with Crippen LogP contribution in [0.1, 0.15) is 36.5 Å². The van der Waals surface area contributed by atoms with Crippen LogP contribution in [0.15, 0.2) is 29.2 Å². The number of benzene rings is 1. The van der Waals surface area contributed by atoms with Crippen molar-refractivity contribution in [2.75, 3.05) is 26.2 Å². The van der Waals surface area contributed by atoms with Gasteiger partial charge >= 0.3 is 0 Å². The molecular weight excluding hydrogens is 314 g/mol. The van der Waals surface area contributed by atoms with E-state index in [2.05, 4.69) is 22.3 Å². The van der Waals surface area contributed by atoms with Crippen molar-refractivity contribution >= 4 is 15.9 Å². The third-order valence-corrected chi connectivity index (χ3v) is 5.10. The molecule has 0 bridgehead atoms. The SMILES string of the molecule is CCCNCCNC(=O)c1cccc(S(=O)(=O)NCC2CC2)c1. The van der Waals surface area contributed by atoms with Gasteiger partial charge in [-0.2, -0.15) is 0 Å². The molecule has 1 aromatic carbocycles. The van der Waals surface area contributed by atoms with Crippen LogP contribution in [0.4, 0.5) is 0 Å². The Labute approximate surface area is 138 Å². The molecule has 0 unspecified atom stereocenters. The first-order valence-corrected chi connectivity index (χ1v) is 9.60. The molecule has 3 N–H and O–H groups in total. The van der Waals surface area contributed by atoms with Crippen LogP contribution in [0.25, 0.3) is 0 Å². The number of sulfonamides is 1. The quantitative estimate of drug-likeness (QED) is 0.557. The lowest BCUT2D eigenvalue weighted by Crippen LogP contribution is -2.32. The van der Waals surface area contributed by atoms with Crippen LogP contribution in [-0.4, -0.2) is 40.5 Å². The van der Waals surface area contributed by atoms with E-state index in [9.17, 15) is 13.2 Å². The van der Waals surface area contributed by atoms with Gasteiger partial charge in [-0.25, -0.2) is 13.1 Å². The number of nitrogens with one attached hydrogen (secondary N) is 3. The summed E-state index contributed by atoms with van der Waals surface area (Å²) in [4.78, 5) is 12.2. The van der Waals surface area contributed by atoms with Crippen LogP contribution in [0.2, 0.25) is 0 Å². The fourth-order valence-electron chi connectivity index (χ4n) is 2.11. The number of carbonyl (C=O) groups excluding carboxylic acids is 1. The first kappa shape index (κ1) is 17.9. The van der Waals surface area contributed by atoms with Crippen molar-refractivity contribution in [1.29, 1.82) is 0 Å². The van der Waals surface area contributed by atoms with Crippen LogP contribution in [-0.2, 0) is 10.0 Å². The Hall–Kier alpha value is -1.44. The van der Waals surface area contributed by atoms with E-state index >= 15 is 0 Å². The molecule has 0 aliphatic heterocycles. The molecule has 128 valence electrons. The fourth-order valence-corrected chi connectivity index (χ4v) is 3.27. The molecule has 0 heterocycles. The average molecular weight is 339 g/mol. The lowest BCUT2D eigenvalue weighted by atomic mass is 10.2. The van der Waals surface area contributed by atoms with Gasteiger partial charge in [-0.1, -0.05) is 13.0 Å². The maximum absolute atomic E-state index is 12.2. The largest absolute Gasteiger partial charge is 0.351 e. The summed E-state index contributed by atoms with van der Waals surface area (Å²) in [5, 5.41) is 5.97. The minimum atomic E-state index is -3.55. The normalized spacial score (nSPS) is 14.7. The van der Waals surface area contributed by atoms with E-state index in [0.717, 1.165) is 25.8 Å². The lowest BCUT2D eigenvalue weighted by molar-refractivity contribution is 0.0953. The van der Waals surface area contributed by atoms with E-state index in [-0.39, 0.29) is 10.8 Å². The summed E-state index contributed by atoms with van der Waals surface area (Å²) in [5.74, 6) is 0.203. The molecule has 0 atom stereocenters. The van der Waals surface area contributed by atoms with Crippen molar-refractivity contribution in [3.05, 3.63) is 29.8 Å². The zero-order valence-corrected chi connectivity index (χ0v) is 14.3. The molecule has 1 aliphatic carbocycles. The number of hydrogen-bond donors (Lipinski definition) is 3. The topological polar surface area (TPSA) is 87.3 Å². The molecule has 0 saturated heterocycles. The van der Waals surface area contributed by atoms with E-state index in [1.807, 2.05) is 0 Å². The summed E-state index contributed by atoms with van der Waals surface area (Å²) >= 11 is 0. The average Bonchev–Trinajstić information content (AvgIpc) is 3.37. The molecule has 6 nitrogen and oxygen atoms in total. The molecule has 1 aliphatic rings. The van der Waals surface area contributed by atoms with Gasteiger partial charge in [-0.15, -0.1) is 0 Å². The number of rotatable bonds is 10. The van der Waals surface area contributed by atoms with E-state index in [1.54, 1.807) is 12.1 Å². The van der Waals surface area contributed by atoms with Crippen molar-refractivity contribution in [1.82, 2.24) is 15.4 Å². The minimum Gasteiger partial charge on any atom is -0.351 e. The fraction of sp³-hybridized carbons (Fsp3) is 0.562. The molecule has 0 radical (unpaired) electrons. The maximum atomic E-state index is 12.2. The second-order valence-electron chi connectivity index (χ2n) is 5.83. The predicted molar refractivity (Wildman–Crippen MR) is 89.8 cm³/mol. The molecule has 0 spiro atoms.